The van der Waals surface area contributed by atoms with Crippen LogP contribution in [0.25, 0.3) is 0 Å². The fourth-order valence-electron chi connectivity index (χ4n) is 3.39. The molecule has 7 nitrogen and oxygen atoms in total. The minimum absolute atomic E-state index is 0.0693. The van der Waals surface area contributed by atoms with Crippen LogP contribution in [0.15, 0.2) is 48.5 Å². The molecule has 2 aromatic carbocycles. The van der Waals surface area contributed by atoms with Crippen molar-refractivity contribution < 1.29 is 14.5 Å². The number of hydrogen-bond donors (Lipinski definition) is 1. The van der Waals surface area contributed by atoms with Gasteiger partial charge < -0.3 is 15.0 Å². The predicted molar refractivity (Wildman–Crippen MR) is 114 cm³/mol. The summed E-state index contributed by atoms with van der Waals surface area (Å²) in [6, 6.07) is 14.2. The molecule has 0 unspecified atom stereocenters. The van der Waals surface area contributed by atoms with Gasteiger partial charge >= 0.3 is 5.69 Å². The Bertz CT molecular complexity index is 830. The van der Waals surface area contributed by atoms with Crippen LogP contribution in [0.3, 0.4) is 0 Å². The van der Waals surface area contributed by atoms with Gasteiger partial charge in [-0.3, -0.25) is 14.9 Å². The Morgan fingerprint density at radius 2 is 1.86 bits per heavy atom. The molecule has 1 N–H and O–H groups in total. The summed E-state index contributed by atoms with van der Waals surface area (Å²) in [5, 5.41) is 13.8. The van der Waals surface area contributed by atoms with Crippen molar-refractivity contribution in [3.05, 3.63) is 58.6 Å². The lowest BCUT2D eigenvalue weighted by Gasteiger charge is -2.32. The van der Waals surface area contributed by atoms with Gasteiger partial charge in [-0.05, 0) is 55.5 Å². The van der Waals surface area contributed by atoms with Crippen molar-refractivity contribution in [3.8, 4) is 5.75 Å². The van der Waals surface area contributed by atoms with Crippen molar-refractivity contribution in [2.75, 3.05) is 29.9 Å². The minimum Gasteiger partial charge on any atom is -0.487 e. The second-order valence-electron chi connectivity index (χ2n) is 7.44. The fraction of sp³-hybridized carbons (Fsp3) is 0.409. The first kappa shape index (κ1) is 20.6. The number of amides is 1. The lowest BCUT2D eigenvalue weighted by Crippen LogP contribution is -2.32. The molecular formula is C22H27N3O4. The number of carbonyl (C=O) groups excluding carboxylic acids is 1. The Balaban J connectivity index is 1.41. The van der Waals surface area contributed by atoms with E-state index in [0.29, 0.717) is 6.42 Å². The monoisotopic (exact) mass is 397 g/mol. The molecule has 1 aliphatic rings. The number of piperidine rings is 1. The van der Waals surface area contributed by atoms with Gasteiger partial charge in [0.25, 0.3) is 0 Å². The van der Waals surface area contributed by atoms with E-state index >= 15 is 0 Å². The first-order valence-corrected chi connectivity index (χ1v) is 10.0. The second kappa shape index (κ2) is 9.91. The Hall–Kier alpha value is -3.09. The van der Waals surface area contributed by atoms with E-state index in [-0.39, 0.29) is 30.4 Å². The predicted octanol–water partition coefficient (Wildman–Crippen LogP) is 4.63. The lowest BCUT2D eigenvalue weighted by atomic mass is 9.99. The van der Waals surface area contributed by atoms with E-state index in [4.69, 9.17) is 4.74 Å². The number of rotatable bonds is 8. The zero-order valence-electron chi connectivity index (χ0n) is 16.7. The van der Waals surface area contributed by atoms with Crippen molar-refractivity contribution in [2.24, 2.45) is 5.92 Å². The third-order valence-electron chi connectivity index (χ3n) is 5.17. The molecule has 0 aromatic heterocycles. The summed E-state index contributed by atoms with van der Waals surface area (Å²) >= 11 is 0. The Kier molecular flexibility index (Phi) is 7.05. The van der Waals surface area contributed by atoms with Crippen molar-refractivity contribution >= 4 is 23.0 Å². The summed E-state index contributed by atoms with van der Waals surface area (Å²) < 4.78 is 5.46. The number of anilines is 2. The number of hydrogen-bond acceptors (Lipinski definition) is 5. The molecule has 29 heavy (non-hydrogen) atoms. The van der Waals surface area contributed by atoms with Crippen LogP contribution >= 0.6 is 0 Å². The van der Waals surface area contributed by atoms with Gasteiger partial charge in [0.15, 0.2) is 5.75 Å². The minimum atomic E-state index is -0.476. The molecule has 0 bridgehead atoms. The van der Waals surface area contributed by atoms with Crippen LogP contribution in [0.5, 0.6) is 5.75 Å². The maximum Gasteiger partial charge on any atom is 0.310 e. The van der Waals surface area contributed by atoms with Gasteiger partial charge in [-0.2, -0.15) is 0 Å². The van der Waals surface area contributed by atoms with Crippen LogP contribution < -0.4 is 15.0 Å². The molecule has 2 aromatic rings. The summed E-state index contributed by atoms with van der Waals surface area (Å²) in [7, 11) is 0. The van der Waals surface area contributed by atoms with E-state index in [0.717, 1.165) is 24.7 Å². The summed E-state index contributed by atoms with van der Waals surface area (Å²) in [6.45, 7) is 4.69. The quantitative estimate of drug-likeness (QED) is 0.399. The zero-order valence-corrected chi connectivity index (χ0v) is 16.7. The maximum absolute atomic E-state index is 12.1. The highest BCUT2D eigenvalue weighted by atomic mass is 16.6. The highest BCUT2D eigenvalue weighted by Crippen LogP contribution is 2.26. The number of nitrogens with zero attached hydrogens (tertiary/aromatic N) is 2. The largest absolute Gasteiger partial charge is 0.487 e. The maximum atomic E-state index is 12.1. The summed E-state index contributed by atoms with van der Waals surface area (Å²) in [4.78, 5) is 25.0. The standard InChI is InChI=1S/C22H27N3O4/c1-17-12-14-24(15-13-17)19-10-8-18(9-11-19)23-22(26)7-4-16-29-21-6-3-2-5-20(21)25(27)28/h2-3,5-6,8-11,17H,4,7,12-16H2,1H3,(H,23,26). The Labute approximate surface area is 170 Å². The number of benzene rings is 2. The second-order valence-corrected chi connectivity index (χ2v) is 7.44. The lowest BCUT2D eigenvalue weighted by molar-refractivity contribution is -0.385. The Morgan fingerprint density at radius 1 is 1.17 bits per heavy atom. The molecule has 0 atom stereocenters. The molecule has 3 rings (SSSR count). The topological polar surface area (TPSA) is 84.7 Å². The van der Waals surface area contributed by atoms with Gasteiger partial charge in [-0.1, -0.05) is 19.1 Å². The number of ether oxygens (including phenoxy) is 1. The van der Waals surface area contributed by atoms with Crippen LogP contribution in [0.1, 0.15) is 32.6 Å². The Morgan fingerprint density at radius 3 is 2.55 bits per heavy atom. The van der Waals surface area contributed by atoms with E-state index in [1.807, 2.05) is 24.3 Å². The molecule has 1 fully saturated rings. The smallest absolute Gasteiger partial charge is 0.310 e. The van der Waals surface area contributed by atoms with Crippen LogP contribution in [0, 0.1) is 16.0 Å². The van der Waals surface area contributed by atoms with Gasteiger partial charge in [0.05, 0.1) is 11.5 Å². The summed E-state index contributed by atoms with van der Waals surface area (Å²) in [5.41, 5.74) is 1.89. The number of nitro benzene ring substituents is 1. The number of nitrogens with one attached hydrogen (secondary N) is 1. The average molecular weight is 397 g/mol. The molecule has 7 heteroatoms. The summed E-state index contributed by atoms with van der Waals surface area (Å²) in [5.74, 6) is 0.915. The first-order chi connectivity index (χ1) is 14.0. The molecular weight excluding hydrogens is 370 g/mol. The average Bonchev–Trinajstić information content (AvgIpc) is 2.72. The summed E-state index contributed by atoms with van der Waals surface area (Å²) in [6.07, 6.45) is 3.19. The third-order valence-corrected chi connectivity index (χ3v) is 5.17. The molecule has 1 saturated heterocycles. The van der Waals surface area contributed by atoms with Gasteiger partial charge in [-0.15, -0.1) is 0 Å². The number of para-hydroxylation sites is 2. The highest BCUT2D eigenvalue weighted by molar-refractivity contribution is 5.90. The van der Waals surface area contributed by atoms with Crippen molar-refractivity contribution in [2.45, 2.75) is 32.6 Å². The molecule has 1 heterocycles. The number of nitro groups is 1. The molecule has 0 saturated carbocycles. The molecule has 0 spiro atoms. The van der Waals surface area contributed by atoms with Crippen LogP contribution in [-0.2, 0) is 4.79 Å². The van der Waals surface area contributed by atoms with E-state index < -0.39 is 4.92 Å². The molecule has 1 amide bonds. The number of carbonyl (C=O) groups is 1. The normalized spacial score (nSPS) is 14.4. The fourth-order valence-corrected chi connectivity index (χ4v) is 3.39. The zero-order chi connectivity index (χ0) is 20.6. The third kappa shape index (κ3) is 5.94. The molecule has 1 aliphatic heterocycles. The van der Waals surface area contributed by atoms with Crippen LogP contribution in [0.2, 0.25) is 0 Å². The van der Waals surface area contributed by atoms with Crippen molar-refractivity contribution in [1.29, 1.82) is 0 Å². The van der Waals surface area contributed by atoms with Crippen LogP contribution in [0.4, 0.5) is 17.1 Å². The highest BCUT2D eigenvalue weighted by Gasteiger charge is 2.16. The van der Waals surface area contributed by atoms with E-state index in [1.165, 1.54) is 24.6 Å². The van der Waals surface area contributed by atoms with E-state index in [9.17, 15) is 14.9 Å². The van der Waals surface area contributed by atoms with Crippen molar-refractivity contribution in [1.82, 2.24) is 0 Å². The van der Waals surface area contributed by atoms with E-state index in [1.54, 1.807) is 18.2 Å². The van der Waals surface area contributed by atoms with E-state index in [2.05, 4.69) is 17.1 Å². The van der Waals surface area contributed by atoms with Crippen molar-refractivity contribution in [3.63, 3.8) is 0 Å². The van der Waals surface area contributed by atoms with Gasteiger partial charge in [0.2, 0.25) is 5.91 Å². The van der Waals surface area contributed by atoms with Crippen LogP contribution in [-0.4, -0.2) is 30.5 Å². The SMILES string of the molecule is CC1CCN(c2ccc(NC(=O)CCCOc3ccccc3[N+](=O)[O-])cc2)CC1. The first-order valence-electron chi connectivity index (χ1n) is 10.0. The molecule has 0 radical (unpaired) electrons. The van der Waals surface area contributed by atoms with Gasteiger partial charge in [-0.25, -0.2) is 0 Å². The molecule has 154 valence electrons. The van der Waals surface area contributed by atoms with Gasteiger partial charge in [0.1, 0.15) is 0 Å². The van der Waals surface area contributed by atoms with Gasteiger partial charge in [0, 0.05) is 37.0 Å². The molecule has 0 aliphatic carbocycles.